The fourth-order valence-corrected chi connectivity index (χ4v) is 5.52. The van der Waals surface area contributed by atoms with E-state index in [0.29, 0.717) is 56.1 Å². The summed E-state index contributed by atoms with van der Waals surface area (Å²) in [4.78, 5) is 31.0. The average molecular weight is 572 g/mol. The van der Waals surface area contributed by atoms with Crippen molar-refractivity contribution in [3.63, 3.8) is 0 Å². The molecule has 11 heteroatoms. The van der Waals surface area contributed by atoms with Crippen LogP contribution in [-0.2, 0) is 12.7 Å². The summed E-state index contributed by atoms with van der Waals surface area (Å²) in [5.74, 6) is -1.56. The zero-order valence-corrected chi connectivity index (χ0v) is 22.8. The van der Waals surface area contributed by atoms with Gasteiger partial charge < -0.3 is 25.4 Å². The summed E-state index contributed by atoms with van der Waals surface area (Å²) in [5.41, 5.74) is -0.692. The molecule has 1 saturated carbocycles. The maximum absolute atomic E-state index is 15.7. The lowest BCUT2D eigenvalue weighted by atomic mass is 10.00. The van der Waals surface area contributed by atoms with Crippen LogP contribution in [0.5, 0.6) is 0 Å². The molecule has 3 aromatic rings. The second-order valence-electron chi connectivity index (χ2n) is 10.8. The fraction of sp³-hybridized carbons (Fsp3) is 0.400. The lowest BCUT2D eigenvalue weighted by Crippen LogP contribution is -2.44. The number of carbonyl (C=O) groups is 1. The van der Waals surface area contributed by atoms with E-state index >= 15 is 4.39 Å². The Bertz CT molecular complexity index is 1460. The number of nitrogens with zero attached hydrogens (tertiary/aromatic N) is 2. The Morgan fingerprint density at radius 3 is 2.49 bits per heavy atom. The number of nitrogens with one attached hydrogen (secondary N) is 3. The number of anilines is 2. The first-order chi connectivity index (χ1) is 19.6. The van der Waals surface area contributed by atoms with E-state index in [2.05, 4.69) is 20.5 Å². The Morgan fingerprint density at radius 1 is 1.05 bits per heavy atom. The largest absolute Gasteiger partial charge is 0.417 e. The molecule has 2 aliphatic rings. The van der Waals surface area contributed by atoms with E-state index in [1.54, 1.807) is 6.07 Å². The Labute approximate surface area is 235 Å². The van der Waals surface area contributed by atoms with E-state index < -0.39 is 34.6 Å². The second-order valence-corrected chi connectivity index (χ2v) is 10.8. The van der Waals surface area contributed by atoms with Gasteiger partial charge in [0.05, 0.1) is 22.5 Å². The molecule has 1 aliphatic carbocycles. The molecule has 1 saturated heterocycles. The molecular weight excluding hydrogens is 538 g/mol. The van der Waals surface area contributed by atoms with Gasteiger partial charge in [0, 0.05) is 56.6 Å². The zero-order chi connectivity index (χ0) is 29.1. The first kappa shape index (κ1) is 28.8. The number of rotatable bonds is 7. The molecule has 1 aromatic heterocycles. The molecule has 0 radical (unpaired) electrons. The third-order valence-electron chi connectivity index (χ3n) is 7.84. The van der Waals surface area contributed by atoms with Crippen LogP contribution in [-0.4, -0.2) is 55.1 Å². The highest BCUT2D eigenvalue weighted by Crippen LogP contribution is 2.36. The summed E-state index contributed by atoms with van der Waals surface area (Å²) in [5, 5.41) is 6.13. The number of alkyl halides is 3. The molecule has 0 atom stereocenters. The average Bonchev–Trinajstić information content (AvgIpc) is 3.46. The van der Waals surface area contributed by atoms with Gasteiger partial charge >= 0.3 is 6.18 Å². The van der Waals surface area contributed by atoms with Crippen molar-refractivity contribution in [3.8, 4) is 11.1 Å². The smallest absolute Gasteiger partial charge is 0.367 e. The van der Waals surface area contributed by atoms with Gasteiger partial charge in [0.15, 0.2) is 0 Å². The molecular formula is C30H33F4N5O2. The van der Waals surface area contributed by atoms with Crippen molar-refractivity contribution in [2.45, 2.75) is 44.4 Å². The summed E-state index contributed by atoms with van der Waals surface area (Å²) in [6, 6.07) is 11.1. The van der Waals surface area contributed by atoms with Crippen LogP contribution >= 0.6 is 0 Å². The standard InChI is InChI=1S/C30H33F4N5O2/c1-38-9-11-39(12-10-38)27-16-25(31)22(20-6-4-5-19(13-20)17-35-21-7-2-3-8-21)14-26(27)37-29(41)23-18-36-28(40)15-24(23)30(32,33)34/h4-6,13-16,18,21,35H,2-3,7-12,17H2,1H3,(H,36,40)(H,37,41). The first-order valence-corrected chi connectivity index (χ1v) is 13.8. The van der Waals surface area contributed by atoms with Crippen LogP contribution < -0.4 is 21.1 Å². The maximum atomic E-state index is 15.7. The van der Waals surface area contributed by atoms with Crippen molar-refractivity contribution in [2.24, 2.45) is 0 Å². The molecule has 3 N–H and O–H groups in total. The van der Waals surface area contributed by atoms with E-state index in [-0.39, 0.29) is 11.3 Å². The summed E-state index contributed by atoms with van der Waals surface area (Å²) in [7, 11) is 1.97. The van der Waals surface area contributed by atoms with E-state index in [1.807, 2.05) is 30.1 Å². The van der Waals surface area contributed by atoms with Crippen molar-refractivity contribution in [1.29, 1.82) is 0 Å². The van der Waals surface area contributed by atoms with Crippen LogP contribution in [0.2, 0.25) is 0 Å². The molecule has 2 fully saturated rings. The number of likely N-dealkylation sites (N-methyl/N-ethyl adjacent to an activating group) is 1. The zero-order valence-electron chi connectivity index (χ0n) is 22.8. The molecule has 0 bridgehead atoms. The minimum absolute atomic E-state index is 0.185. The van der Waals surface area contributed by atoms with Gasteiger partial charge in [0.2, 0.25) is 5.56 Å². The maximum Gasteiger partial charge on any atom is 0.417 e. The lowest BCUT2D eigenvalue weighted by molar-refractivity contribution is -0.138. The van der Waals surface area contributed by atoms with Gasteiger partial charge in [0.25, 0.3) is 5.91 Å². The topological polar surface area (TPSA) is 80.5 Å². The monoisotopic (exact) mass is 571 g/mol. The quantitative estimate of drug-likeness (QED) is 0.338. The highest BCUT2D eigenvalue weighted by molar-refractivity contribution is 6.07. The molecule has 2 aromatic carbocycles. The molecule has 0 unspecified atom stereocenters. The molecule has 218 valence electrons. The van der Waals surface area contributed by atoms with Crippen LogP contribution in [0.1, 0.15) is 47.2 Å². The second kappa shape index (κ2) is 12.0. The Hall–Kier alpha value is -3.70. The minimum Gasteiger partial charge on any atom is -0.367 e. The van der Waals surface area contributed by atoms with Crippen LogP contribution in [0, 0.1) is 5.82 Å². The van der Waals surface area contributed by atoms with Crippen LogP contribution in [0.15, 0.2) is 53.5 Å². The van der Waals surface area contributed by atoms with E-state index in [9.17, 15) is 22.8 Å². The van der Waals surface area contributed by atoms with Crippen molar-refractivity contribution in [3.05, 3.63) is 81.5 Å². The molecule has 1 aliphatic heterocycles. The number of pyridine rings is 1. The van der Waals surface area contributed by atoms with Crippen molar-refractivity contribution in [1.82, 2.24) is 15.2 Å². The first-order valence-electron chi connectivity index (χ1n) is 13.8. The van der Waals surface area contributed by atoms with E-state index in [4.69, 9.17) is 0 Å². The normalized spacial score (nSPS) is 16.8. The van der Waals surface area contributed by atoms with Gasteiger partial charge in [-0.2, -0.15) is 13.2 Å². The van der Waals surface area contributed by atoms with Gasteiger partial charge in [-0.3, -0.25) is 9.59 Å². The number of amides is 1. The number of carbonyl (C=O) groups excluding carboxylic acids is 1. The Kier molecular flexibility index (Phi) is 8.46. The summed E-state index contributed by atoms with van der Waals surface area (Å²) >= 11 is 0. The number of benzene rings is 2. The van der Waals surface area contributed by atoms with Gasteiger partial charge in [-0.05, 0) is 49.2 Å². The molecule has 0 spiro atoms. The highest BCUT2D eigenvalue weighted by atomic mass is 19.4. The number of hydrogen-bond donors (Lipinski definition) is 3. The molecule has 2 heterocycles. The summed E-state index contributed by atoms with van der Waals surface area (Å²) in [6.07, 6.45) is 0.525. The third-order valence-corrected chi connectivity index (χ3v) is 7.84. The van der Waals surface area contributed by atoms with Crippen molar-refractivity contribution in [2.75, 3.05) is 43.4 Å². The summed E-state index contributed by atoms with van der Waals surface area (Å²) < 4.78 is 56.7. The molecule has 1 amide bonds. The van der Waals surface area contributed by atoms with Crippen molar-refractivity contribution < 1.29 is 22.4 Å². The summed E-state index contributed by atoms with van der Waals surface area (Å²) in [6.45, 7) is 3.13. The SMILES string of the molecule is CN1CCN(c2cc(F)c(-c3cccc(CNC4CCCC4)c3)cc2NC(=O)c2c[nH]c(=O)cc2C(F)(F)F)CC1. The number of piperazine rings is 1. The Balaban J connectivity index is 1.50. The van der Waals surface area contributed by atoms with Gasteiger partial charge in [0.1, 0.15) is 5.82 Å². The highest BCUT2D eigenvalue weighted by Gasteiger charge is 2.36. The number of aromatic nitrogens is 1. The lowest BCUT2D eigenvalue weighted by Gasteiger charge is -2.35. The fourth-order valence-electron chi connectivity index (χ4n) is 5.52. The number of aromatic amines is 1. The molecule has 5 rings (SSSR count). The van der Waals surface area contributed by atoms with E-state index in [1.165, 1.54) is 25.0 Å². The van der Waals surface area contributed by atoms with Crippen LogP contribution in [0.25, 0.3) is 11.1 Å². The van der Waals surface area contributed by atoms with Crippen molar-refractivity contribution >= 4 is 17.3 Å². The number of halogens is 4. The molecule has 41 heavy (non-hydrogen) atoms. The van der Waals surface area contributed by atoms with Gasteiger partial charge in [-0.15, -0.1) is 0 Å². The van der Waals surface area contributed by atoms with Crippen LogP contribution in [0.3, 0.4) is 0 Å². The van der Waals surface area contributed by atoms with Gasteiger partial charge in [-0.25, -0.2) is 4.39 Å². The predicted octanol–water partition coefficient (Wildman–Crippen LogP) is 5.24. The minimum atomic E-state index is -4.91. The Morgan fingerprint density at radius 2 is 1.78 bits per heavy atom. The predicted molar refractivity (Wildman–Crippen MR) is 151 cm³/mol. The van der Waals surface area contributed by atoms with Crippen LogP contribution in [0.4, 0.5) is 28.9 Å². The third kappa shape index (κ3) is 6.79. The van der Waals surface area contributed by atoms with Gasteiger partial charge in [-0.1, -0.05) is 31.0 Å². The van der Waals surface area contributed by atoms with E-state index in [0.717, 1.165) is 24.6 Å². The number of hydrogen-bond acceptors (Lipinski definition) is 5. The number of H-pyrrole nitrogens is 1. The molecule has 7 nitrogen and oxygen atoms in total.